The Balaban J connectivity index is 2.09. The highest BCUT2D eigenvalue weighted by molar-refractivity contribution is 8.26. The molecule has 0 radical (unpaired) electrons. The largest absolute Gasteiger partial charge is 0.369 e. The Kier molecular flexibility index (Phi) is 6.74. The molecular formula is C21H26N4O2S2. The quantitative estimate of drug-likeness (QED) is 0.403. The van der Waals surface area contributed by atoms with Crippen molar-refractivity contribution in [2.45, 2.75) is 53.0 Å². The molecule has 3 heterocycles. The molecule has 0 aromatic carbocycles. The number of hydrogen-bond donors (Lipinski definition) is 1. The van der Waals surface area contributed by atoms with Crippen LogP contribution >= 0.6 is 24.0 Å². The Labute approximate surface area is 180 Å². The summed E-state index contributed by atoms with van der Waals surface area (Å²) in [4.78, 5) is 32.7. The van der Waals surface area contributed by atoms with Crippen LogP contribution in [-0.4, -0.2) is 37.1 Å². The summed E-state index contributed by atoms with van der Waals surface area (Å²) in [7, 11) is 0. The standard InChI is InChI=1S/C21H26N4O2S2/c1-5-6-7-10-22-18-15(11-16-20(27)25(13(2)3)21(28)29-16)19(26)24-12-14(4)8-9-17(24)23-18/h8-9,11-13,22H,5-7,10H2,1-4H3/b16-11+. The van der Waals surface area contributed by atoms with Crippen molar-refractivity contribution in [1.29, 1.82) is 0 Å². The first kappa shape index (κ1) is 21.5. The monoisotopic (exact) mass is 430 g/mol. The number of aromatic nitrogens is 2. The predicted molar refractivity (Wildman–Crippen MR) is 124 cm³/mol. The van der Waals surface area contributed by atoms with Gasteiger partial charge in [0.05, 0.1) is 10.5 Å². The molecule has 0 atom stereocenters. The lowest BCUT2D eigenvalue weighted by atomic mass is 10.2. The molecule has 29 heavy (non-hydrogen) atoms. The number of thioether (sulfide) groups is 1. The van der Waals surface area contributed by atoms with E-state index in [2.05, 4.69) is 17.2 Å². The van der Waals surface area contributed by atoms with E-state index >= 15 is 0 Å². The van der Waals surface area contributed by atoms with Gasteiger partial charge in [0, 0.05) is 18.8 Å². The SMILES string of the molecule is CCCCCNc1nc2ccc(C)cn2c(=O)c1/C=C1/SC(=S)N(C(C)C)C1=O. The number of nitrogens with one attached hydrogen (secondary N) is 1. The summed E-state index contributed by atoms with van der Waals surface area (Å²) in [5.74, 6) is 0.338. The number of rotatable bonds is 7. The molecule has 8 heteroatoms. The molecular weight excluding hydrogens is 404 g/mol. The van der Waals surface area contributed by atoms with E-state index in [9.17, 15) is 9.59 Å². The maximum atomic E-state index is 13.3. The topological polar surface area (TPSA) is 66.7 Å². The lowest BCUT2D eigenvalue weighted by Gasteiger charge is -2.18. The van der Waals surface area contributed by atoms with Crippen molar-refractivity contribution in [2.24, 2.45) is 0 Å². The summed E-state index contributed by atoms with van der Waals surface area (Å²) in [6, 6.07) is 3.73. The van der Waals surface area contributed by atoms with Gasteiger partial charge in [-0.2, -0.15) is 0 Å². The maximum absolute atomic E-state index is 13.3. The van der Waals surface area contributed by atoms with Crippen LogP contribution in [0.1, 0.15) is 51.2 Å². The Hall–Kier alpha value is -2.19. The number of thiocarbonyl (C=S) groups is 1. The van der Waals surface area contributed by atoms with E-state index in [1.807, 2.05) is 32.9 Å². The first-order chi connectivity index (χ1) is 13.8. The zero-order chi connectivity index (χ0) is 21.1. The highest BCUT2D eigenvalue weighted by Gasteiger charge is 2.34. The van der Waals surface area contributed by atoms with Crippen molar-refractivity contribution < 1.29 is 4.79 Å². The van der Waals surface area contributed by atoms with Gasteiger partial charge >= 0.3 is 0 Å². The third kappa shape index (κ3) is 4.53. The van der Waals surface area contributed by atoms with Crippen molar-refractivity contribution in [3.05, 3.63) is 44.7 Å². The van der Waals surface area contributed by atoms with E-state index in [1.165, 1.54) is 16.2 Å². The molecule has 1 aliphatic heterocycles. The number of unbranched alkanes of at least 4 members (excludes halogenated alkanes) is 2. The number of carbonyl (C=O) groups is 1. The summed E-state index contributed by atoms with van der Waals surface area (Å²) in [5, 5.41) is 3.29. The molecule has 0 bridgehead atoms. The van der Waals surface area contributed by atoms with Gasteiger partial charge in [0.1, 0.15) is 15.8 Å². The fraction of sp³-hybridized carbons (Fsp3) is 0.429. The van der Waals surface area contributed by atoms with Crippen LogP contribution in [0, 0.1) is 6.92 Å². The maximum Gasteiger partial charge on any atom is 0.267 e. The molecule has 154 valence electrons. The molecule has 6 nitrogen and oxygen atoms in total. The van der Waals surface area contributed by atoms with E-state index in [0.717, 1.165) is 31.4 Å². The van der Waals surface area contributed by atoms with Crippen LogP contribution in [0.2, 0.25) is 0 Å². The molecule has 0 unspecified atom stereocenters. The van der Waals surface area contributed by atoms with Crippen molar-refractivity contribution in [3.8, 4) is 0 Å². The van der Waals surface area contributed by atoms with Crippen molar-refractivity contribution in [1.82, 2.24) is 14.3 Å². The highest BCUT2D eigenvalue weighted by Crippen LogP contribution is 2.34. The van der Waals surface area contributed by atoms with Crippen LogP contribution in [-0.2, 0) is 4.79 Å². The number of nitrogens with zero attached hydrogens (tertiary/aromatic N) is 3. The fourth-order valence-electron chi connectivity index (χ4n) is 3.16. The zero-order valence-corrected chi connectivity index (χ0v) is 18.8. The van der Waals surface area contributed by atoms with Gasteiger partial charge in [-0.3, -0.25) is 18.9 Å². The molecule has 1 fully saturated rings. The number of anilines is 1. The number of carbonyl (C=O) groups excluding carboxylic acids is 1. The number of amides is 1. The average Bonchev–Trinajstić information content (AvgIpc) is 2.95. The van der Waals surface area contributed by atoms with Gasteiger partial charge in [0.15, 0.2) is 0 Å². The van der Waals surface area contributed by atoms with Gasteiger partial charge in [0.25, 0.3) is 11.5 Å². The highest BCUT2D eigenvalue weighted by atomic mass is 32.2. The minimum absolute atomic E-state index is 0.0292. The smallest absolute Gasteiger partial charge is 0.267 e. The Morgan fingerprint density at radius 1 is 1.28 bits per heavy atom. The van der Waals surface area contributed by atoms with Crippen LogP contribution in [0.4, 0.5) is 5.82 Å². The lowest BCUT2D eigenvalue weighted by Crippen LogP contribution is -2.34. The van der Waals surface area contributed by atoms with Crippen LogP contribution in [0.3, 0.4) is 0 Å². The third-order valence-electron chi connectivity index (χ3n) is 4.69. The Morgan fingerprint density at radius 3 is 2.69 bits per heavy atom. The van der Waals surface area contributed by atoms with Crippen LogP contribution in [0.25, 0.3) is 11.7 Å². The van der Waals surface area contributed by atoms with Crippen molar-refractivity contribution in [3.63, 3.8) is 0 Å². The number of aryl methyl sites for hydroxylation is 1. The summed E-state index contributed by atoms with van der Waals surface area (Å²) >= 11 is 6.59. The van der Waals surface area contributed by atoms with E-state index in [0.29, 0.717) is 26.3 Å². The van der Waals surface area contributed by atoms with Gasteiger partial charge in [-0.05, 0) is 44.9 Å². The molecule has 0 aliphatic carbocycles. The van der Waals surface area contributed by atoms with Crippen molar-refractivity contribution in [2.75, 3.05) is 11.9 Å². The second-order valence-electron chi connectivity index (χ2n) is 7.39. The van der Waals surface area contributed by atoms with Gasteiger partial charge in [0.2, 0.25) is 0 Å². The second-order valence-corrected chi connectivity index (χ2v) is 9.07. The zero-order valence-electron chi connectivity index (χ0n) is 17.2. The fourth-order valence-corrected chi connectivity index (χ4v) is 4.67. The minimum atomic E-state index is -0.202. The Bertz CT molecular complexity index is 1040. The third-order valence-corrected chi connectivity index (χ3v) is 6.02. The molecule has 1 saturated heterocycles. The molecule has 2 aromatic rings. The second kappa shape index (κ2) is 9.09. The molecule has 0 saturated carbocycles. The number of hydrogen-bond acceptors (Lipinski definition) is 6. The molecule has 3 rings (SSSR count). The normalized spacial score (nSPS) is 15.9. The molecule has 1 aliphatic rings. The number of pyridine rings is 1. The Morgan fingerprint density at radius 2 is 2.03 bits per heavy atom. The molecule has 2 aromatic heterocycles. The molecule has 0 spiro atoms. The first-order valence-electron chi connectivity index (χ1n) is 9.87. The molecule has 1 N–H and O–H groups in total. The van der Waals surface area contributed by atoms with Gasteiger partial charge in [-0.1, -0.05) is 49.8 Å². The average molecular weight is 431 g/mol. The molecule has 1 amide bonds. The van der Waals surface area contributed by atoms with E-state index in [4.69, 9.17) is 12.2 Å². The van der Waals surface area contributed by atoms with Crippen molar-refractivity contribution >= 4 is 51.7 Å². The van der Waals surface area contributed by atoms with E-state index < -0.39 is 0 Å². The lowest BCUT2D eigenvalue weighted by molar-refractivity contribution is -0.123. The van der Waals surface area contributed by atoms with E-state index in [1.54, 1.807) is 17.2 Å². The van der Waals surface area contributed by atoms with Gasteiger partial charge in [-0.25, -0.2) is 4.98 Å². The summed E-state index contributed by atoms with van der Waals surface area (Å²) in [6.45, 7) is 8.63. The number of fused-ring (bicyclic) bond motifs is 1. The van der Waals surface area contributed by atoms with Crippen LogP contribution in [0.15, 0.2) is 28.0 Å². The van der Waals surface area contributed by atoms with Gasteiger partial charge < -0.3 is 5.32 Å². The van der Waals surface area contributed by atoms with Crippen LogP contribution in [0.5, 0.6) is 0 Å². The summed E-state index contributed by atoms with van der Waals surface area (Å²) in [5.41, 5.74) is 1.72. The summed E-state index contributed by atoms with van der Waals surface area (Å²) < 4.78 is 2.04. The van der Waals surface area contributed by atoms with Gasteiger partial charge in [-0.15, -0.1) is 0 Å². The first-order valence-corrected chi connectivity index (χ1v) is 11.1. The predicted octanol–water partition coefficient (Wildman–Crippen LogP) is 4.21. The minimum Gasteiger partial charge on any atom is -0.369 e. The summed E-state index contributed by atoms with van der Waals surface area (Å²) in [6.07, 6.45) is 6.59. The van der Waals surface area contributed by atoms with Crippen LogP contribution < -0.4 is 10.9 Å². The van der Waals surface area contributed by atoms with E-state index in [-0.39, 0.29) is 17.5 Å².